The number of rotatable bonds is 7. The quantitative estimate of drug-likeness (QED) is 0.420. The van der Waals surface area contributed by atoms with E-state index < -0.39 is 42.5 Å². The predicted octanol–water partition coefficient (Wildman–Crippen LogP) is 3.04. The second-order valence-electron chi connectivity index (χ2n) is 7.68. The third kappa shape index (κ3) is 5.54. The molecule has 1 unspecified atom stereocenters. The molecule has 3 aromatic rings. The van der Waals surface area contributed by atoms with Gasteiger partial charge in [-0.05, 0) is 36.4 Å². The van der Waals surface area contributed by atoms with Crippen molar-refractivity contribution in [1.82, 2.24) is 20.0 Å². The number of carbonyl (C=O) groups excluding carboxylic acids is 2. The first kappa shape index (κ1) is 26.0. The van der Waals surface area contributed by atoms with Gasteiger partial charge in [-0.2, -0.15) is 18.3 Å². The summed E-state index contributed by atoms with van der Waals surface area (Å²) >= 11 is 5.94. The first-order valence-corrected chi connectivity index (χ1v) is 10.4. The molecular formula is C22H20ClF4N5O3. The smallest absolute Gasteiger partial charge is 0.383 e. The van der Waals surface area contributed by atoms with Crippen molar-refractivity contribution >= 4 is 29.2 Å². The average molecular weight is 514 g/mol. The van der Waals surface area contributed by atoms with Crippen LogP contribution in [-0.4, -0.2) is 63.5 Å². The number of alkyl halides is 3. The molecule has 13 heteroatoms. The lowest BCUT2D eigenvalue weighted by atomic mass is 10.0. The molecule has 0 aliphatic rings. The van der Waals surface area contributed by atoms with Crippen LogP contribution < -0.4 is 11.1 Å². The minimum Gasteiger partial charge on any atom is -0.383 e. The van der Waals surface area contributed by atoms with Crippen LogP contribution in [0, 0.1) is 5.82 Å². The van der Waals surface area contributed by atoms with Crippen molar-refractivity contribution in [2.24, 2.45) is 0 Å². The summed E-state index contributed by atoms with van der Waals surface area (Å²) in [7, 11) is 1.06. The number of benzene rings is 2. The maximum atomic E-state index is 13.8. The van der Waals surface area contributed by atoms with Crippen molar-refractivity contribution in [3.05, 3.63) is 76.7 Å². The minimum atomic E-state index is -5.21. The third-order valence-electron chi connectivity index (χ3n) is 5.14. The molecule has 0 bridgehead atoms. The Morgan fingerprint density at radius 2 is 1.77 bits per heavy atom. The van der Waals surface area contributed by atoms with Crippen LogP contribution >= 0.6 is 11.6 Å². The summed E-state index contributed by atoms with van der Waals surface area (Å²) in [5, 5.41) is 16.3. The van der Waals surface area contributed by atoms with E-state index in [1.807, 2.05) is 5.32 Å². The molecular weight excluding hydrogens is 494 g/mol. The average Bonchev–Trinajstić information content (AvgIpc) is 3.18. The molecule has 4 N–H and O–H groups in total. The number of nitrogens with zero attached hydrogens (tertiary/aromatic N) is 3. The van der Waals surface area contributed by atoms with Crippen molar-refractivity contribution in [3.8, 4) is 5.69 Å². The van der Waals surface area contributed by atoms with E-state index in [0.717, 1.165) is 30.1 Å². The Hall–Kier alpha value is -3.64. The Kier molecular flexibility index (Phi) is 7.36. The summed E-state index contributed by atoms with van der Waals surface area (Å²) in [5.41, 5.74) is 2.40. The molecule has 0 fully saturated rings. The zero-order valence-electron chi connectivity index (χ0n) is 18.2. The standard InChI is InChI=1S/C22H20ClF4N5O3/c1-31(20(34)15-4-2-3-5-17(15)23)12-21(35,22(25,26)27)11-29-19(33)16-10-30-32(18(16)28)14-8-6-13(24)7-9-14/h2-10,35H,11-12,28H2,1H3,(H,29,33). The number of halogens is 5. The van der Waals surface area contributed by atoms with Gasteiger partial charge in [0.05, 0.1) is 35.6 Å². The molecule has 1 atom stereocenters. The van der Waals surface area contributed by atoms with Crippen molar-refractivity contribution in [2.75, 3.05) is 25.9 Å². The Bertz CT molecular complexity index is 1230. The van der Waals surface area contributed by atoms with Crippen LogP contribution in [0.3, 0.4) is 0 Å². The topological polar surface area (TPSA) is 113 Å². The van der Waals surface area contributed by atoms with Crippen LogP contribution in [0.15, 0.2) is 54.7 Å². The number of amides is 2. The molecule has 3 rings (SSSR count). The number of hydrogen-bond acceptors (Lipinski definition) is 5. The SMILES string of the molecule is CN(CC(O)(CNC(=O)c1cnn(-c2ccc(F)cc2)c1N)C(F)(F)F)C(=O)c1ccccc1Cl. The number of carbonyl (C=O) groups is 2. The summed E-state index contributed by atoms with van der Waals surface area (Å²) in [4.78, 5) is 25.8. The van der Waals surface area contributed by atoms with Gasteiger partial charge in [0.2, 0.25) is 0 Å². The number of nitrogens with one attached hydrogen (secondary N) is 1. The van der Waals surface area contributed by atoms with Gasteiger partial charge in [-0.3, -0.25) is 9.59 Å². The molecule has 0 radical (unpaired) electrons. The number of nitrogens with two attached hydrogens (primary N) is 1. The Labute approximate surface area is 201 Å². The lowest BCUT2D eigenvalue weighted by Gasteiger charge is -2.34. The summed E-state index contributed by atoms with van der Waals surface area (Å²) in [6.45, 7) is -2.47. The second-order valence-corrected chi connectivity index (χ2v) is 8.09. The van der Waals surface area contributed by atoms with Gasteiger partial charge in [-0.15, -0.1) is 0 Å². The molecule has 0 saturated carbocycles. The highest BCUT2D eigenvalue weighted by Crippen LogP contribution is 2.31. The van der Waals surface area contributed by atoms with E-state index in [0.29, 0.717) is 10.6 Å². The normalized spacial score (nSPS) is 13.2. The Morgan fingerprint density at radius 3 is 2.37 bits per heavy atom. The number of likely N-dealkylation sites (N-methyl/N-ethyl adjacent to an activating group) is 1. The predicted molar refractivity (Wildman–Crippen MR) is 120 cm³/mol. The maximum Gasteiger partial charge on any atom is 0.420 e. The van der Waals surface area contributed by atoms with Crippen LogP contribution in [0.4, 0.5) is 23.4 Å². The molecule has 0 saturated heterocycles. The first-order chi connectivity index (χ1) is 16.3. The summed E-state index contributed by atoms with van der Waals surface area (Å²) in [6, 6.07) is 10.7. The highest BCUT2D eigenvalue weighted by molar-refractivity contribution is 6.33. The summed E-state index contributed by atoms with van der Waals surface area (Å²) < 4.78 is 55.5. The van der Waals surface area contributed by atoms with Crippen LogP contribution in [-0.2, 0) is 0 Å². The largest absolute Gasteiger partial charge is 0.420 e. The first-order valence-electron chi connectivity index (χ1n) is 10.0. The van der Waals surface area contributed by atoms with Crippen molar-refractivity contribution in [2.45, 2.75) is 11.8 Å². The summed E-state index contributed by atoms with van der Waals surface area (Å²) in [6.07, 6.45) is -4.19. The summed E-state index contributed by atoms with van der Waals surface area (Å²) in [5.74, 6) is -2.62. The molecule has 35 heavy (non-hydrogen) atoms. The molecule has 1 heterocycles. The van der Waals surface area contributed by atoms with Crippen molar-refractivity contribution in [1.29, 1.82) is 0 Å². The molecule has 2 aromatic carbocycles. The molecule has 186 valence electrons. The molecule has 1 aromatic heterocycles. The number of aromatic nitrogens is 2. The lowest BCUT2D eigenvalue weighted by Crippen LogP contribution is -2.60. The van der Waals surface area contributed by atoms with Crippen LogP contribution in [0.25, 0.3) is 5.69 Å². The van der Waals surface area contributed by atoms with E-state index in [1.165, 1.54) is 30.3 Å². The van der Waals surface area contributed by atoms with Gasteiger partial charge < -0.3 is 21.1 Å². The highest BCUT2D eigenvalue weighted by Gasteiger charge is 2.55. The number of anilines is 1. The van der Waals surface area contributed by atoms with Gasteiger partial charge >= 0.3 is 6.18 Å². The van der Waals surface area contributed by atoms with Gasteiger partial charge in [-0.1, -0.05) is 23.7 Å². The van der Waals surface area contributed by atoms with Gasteiger partial charge in [0.25, 0.3) is 11.8 Å². The Morgan fingerprint density at radius 1 is 1.14 bits per heavy atom. The van der Waals surface area contributed by atoms with E-state index in [-0.39, 0.29) is 22.0 Å². The zero-order chi connectivity index (χ0) is 26.0. The van der Waals surface area contributed by atoms with E-state index in [4.69, 9.17) is 17.3 Å². The molecule has 0 spiro atoms. The van der Waals surface area contributed by atoms with E-state index in [1.54, 1.807) is 6.07 Å². The number of aliphatic hydroxyl groups is 1. The molecule has 0 aliphatic carbocycles. The van der Waals surface area contributed by atoms with Gasteiger partial charge in [0.15, 0.2) is 5.60 Å². The minimum absolute atomic E-state index is 0.0295. The second kappa shape index (κ2) is 9.92. The van der Waals surface area contributed by atoms with Crippen molar-refractivity contribution < 1.29 is 32.3 Å². The fraction of sp³-hybridized carbons (Fsp3) is 0.227. The van der Waals surface area contributed by atoms with Crippen LogP contribution in [0.5, 0.6) is 0 Å². The molecule has 8 nitrogen and oxygen atoms in total. The number of nitrogen functional groups attached to an aromatic ring is 1. The Balaban J connectivity index is 1.76. The zero-order valence-corrected chi connectivity index (χ0v) is 18.9. The van der Waals surface area contributed by atoms with Crippen LogP contribution in [0.2, 0.25) is 5.02 Å². The van der Waals surface area contributed by atoms with E-state index >= 15 is 0 Å². The van der Waals surface area contributed by atoms with Gasteiger partial charge in [0.1, 0.15) is 17.2 Å². The third-order valence-corrected chi connectivity index (χ3v) is 5.47. The van der Waals surface area contributed by atoms with E-state index in [2.05, 4.69) is 5.10 Å². The monoisotopic (exact) mass is 513 g/mol. The van der Waals surface area contributed by atoms with Crippen molar-refractivity contribution in [3.63, 3.8) is 0 Å². The maximum absolute atomic E-state index is 13.8. The molecule has 0 aliphatic heterocycles. The van der Waals surface area contributed by atoms with Gasteiger partial charge in [-0.25, -0.2) is 9.07 Å². The van der Waals surface area contributed by atoms with Gasteiger partial charge in [0, 0.05) is 7.05 Å². The lowest BCUT2D eigenvalue weighted by molar-refractivity contribution is -0.259. The highest BCUT2D eigenvalue weighted by atomic mass is 35.5. The fourth-order valence-electron chi connectivity index (χ4n) is 3.19. The van der Waals surface area contributed by atoms with Crippen LogP contribution in [0.1, 0.15) is 20.7 Å². The number of hydrogen-bond donors (Lipinski definition) is 3. The molecule has 2 amide bonds. The fourth-order valence-corrected chi connectivity index (χ4v) is 3.41. The van der Waals surface area contributed by atoms with E-state index in [9.17, 15) is 32.3 Å².